The Hall–Kier alpha value is -3.61. The van der Waals surface area contributed by atoms with Crippen LogP contribution in [0.1, 0.15) is 31.4 Å². The van der Waals surface area contributed by atoms with Crippen LogP contribution < -0.4 is 10.1 Å². The third kappa shape index (κ3) is 8.39. The number of carbonyl (C=O) groups is 2. The van der Waals surface area contributed by atoms with Gasteiger partial charge in [-0.2, -0.15) is 5.26 Å². The molecule has 0 aliphatic rings. The van der Waals surface area contributed by atoms with Crippen LogP contribution >= 0.6 is 0 Å². The van der Waals surface area contributed by atoms with Crippen LogP contribution in [0.5, 0.6) is 5.75 Å². The second-order valence-electron chi connectivity index (χ2n) is 7.60. The SMILES string of the molecule is CCN(CC)C(=O)C(C#N)=Cc1cccc(OCCC(=O)NC(Cc2ccccc2)B(O)O)c1. The third-order valence-corrected chi connectivity index (χ3v) is 5.17. The van der Waals surface area contributed by atoms with Crippen molar-refractivity contribution in [1.82, 2.24) is 10.2 Å². The molecule has 2 rings (SSSR count). The topological polar surface area (TPSA) is 123 Å². The van der Waals surface area contributed by atoms with Crippen molar-refractivity contribution in [1.29, 1.82) is 5.26 Å². The minimum Gasteiger partial charge on any atom is -0.493 e. The number of amides is 2. The van der Waals surface area contributed by atoms with Crippen molar-refractivity contribution >= 4 is 25.0 Å². The molecule has 0 saturated heterocycles. The molecule has 9 heteroatoms. The lowest BCUT2D eigenvalue weighted by molar-refractivity contribution is -0.126. The number of nitriles is 1. The van der Waals surface area contributed by atoms with E-state index in [2.05, 4.69) is 5.32 Å². The quantitative estimate of drug-likeness (QED) is 0.251. The van der Waals surface area contributed by atoms with Gasteiger partial charge in [0.2, 0.25) is 5.91 Å². The highest BCUT2D eigenvalue weighted by Crippen LogP contribution is 2.17. The lowest BCUT2D eigenvalue weighted by Crippen LogP contribution is -2.48. The zero-order chi connectivity index (χ0) is 24.9. The summed E-state index contributed by atoms with van der Waals surface area (Å²) in [6.45, 7) is 4.80. The minimum absolute atomic E-state index is 0.0158. The molecule has 0 fully saturated rings. The Bertz CT molecular complexity index is 1020. The van der Waals surface area contributed by atoms with Gasteiger partial charge >= 0.3 is 7.12 Å². The lowest BCUT2D eigenvalue weighted by Gasteiger charge is -2.18. The smallest absolute Gasteiger partial charge is 0.475 e. The number of hydrogen-bond acceptors (Lipinski definition) is 6. The fourth-order valence-electron chi connectivity index (χ4n) is 3.32. The number of nitrogens with one attached hydrogen (secondary N) is 1. The molecule has 0 heterocycles. The second kappa shape index (κ2) is 13.8. The molecule has 0 radical (unpaired) electrons. The van der Waals surface area contributed by atoms with Crippen LogP contribution in [-0.4, -0.2) is 59.5 Å². The molecule has 0 aromatic heterocycles. The maximum atomic E-state index is 12.4. The molecule has 1 atom stereocenters. The van der Waals surface area contributed by atoms with Crippen LogP contribution in [0.25, 0.3) is 6.08 Å². The van der Waals surface area contributed by atoms with Gasteiger partial charge in [-0.05, 0) is 49.6 Å². The molecule has 2 aromatic carbocycles. The number of likely N-dealkylation sites (N-methyl/N-ethyl adjacent to an activating group) is 1. The summed E-state index contributed by atoms with van der Waals surface area (Å²) < 4.78 is 5.65. The predicted molar refractivity (Wildman–Crippen MR) is 130 cm³/mol. The molecule has 3 N–H and O–H groups in total. The number of ether oxygens (including phenoxy) is 1. The second-order valence-corrected chi connectivity index (χ2v) is 7.60. The molecule has 2 amide bonds. The van der Waals surface area contributed by atoms with Crippen LogP contribution in [-0.2, 0) is 16.0 Å². The average molecular weight is 463 g/mol. The van der Waals surface area contributed by atoms with E-state index < -0.39 is 13.1 Å². The van der Waals surface area contributed by atoms with Crippen molar-refractivity contribution in [3.63, 3.8) is 0 Å². The molecular formula is C25H30BN3O5. The summed E-state index contributed by atoms with van der Waals surface area (Å²) in [5.74, 6) is -1.05. The first kappa shape index (κ1) is 26.6. The number of rotatable bonds is 12. The van der Waals surface area contributed by atoms with E-state index in [1.807, 2.05) is 50.2 Å². The summed E-state index contributed by atoms with van der Waals surface area (Å²) in [5, 5.41) is 31.2. The zero-order valence-electron chi connectivity index (χ0n) is 19.5. The van der Waals surface area contributed by atoms with Crippen molar-refractivity contribution in [3.05, 3.63) is 71.3 Å². The molecule has 0 aliphatic heterocycles. The van der Waals surface area contributed by atoms with Crippen molar-refractivity contribution in [3.8, 4) is 11.8 Å². The third-order valence-electron chi connectivity index (χ3n) is 5.17. The normalized spacial score (nSPS) is 11.8. The fourth-order valence-corrected chi connectivity index (χ4v) is 3.32. The Morgan fingerprint density at radius 1 is 1.15 bits per heavy atom. The Labute approximate surface area is 200 Å². The van der Waals surface area contributed by atoms with Crippen molar-refractivity contribution in [2.24, 2.45) is 0 Å². The van der Waals surface area contributed by atoms with Gasteiger partial charge in [0, 0.05) is 13.1 Å². The van der Waals surface area contributed by atoms with Crippen LogP contribution in [0.4, 0.5) is 0 Å². The summed E-state index contributed by atoms with van der Waals surface area (Å²) >= 11 is 0. The molecule has 0 aliphatic carbocycles. The fraction of sp³-hybridized carbons (Fsp3) is 0.320. The molecule has 2 aromatic rings. The molecule has 1 unspecified atom stereocenters. The maximum Gasteiger partial charge on any atom is 0.475 e. The van der Waals surface area contributed by atoms with E-state index in [-0.39, 0.29) is 36.8 Å². The van der Waals surface area contributed by atoms with Crippen LogP contribution in [0.15, 0.2) is 60.2 Å². The molecular weight excluding hydrogens is 433 g/mol. The van der Waals surface area contributed by atoms with Gasteiger partial charge in [0.15, 0.2) is 0 Å². The van der Waals surface area contributed by atoms with Crippen molar-refractivity contribution in [2.75, 3.05) is 19.7 Å². The number of carbonyl (C=O) groups excluding carboxylic acids is 2. The number of hydrogen-bond donors (Lipinski definition) is 3. The average Bonchev–Trinajstić information content (AvgIpc) is 2.83. The van der Waals surface area contributed by atoms with Crippen LogP contribution in [0, 0.1) is 11.3 Å². The van der Waals surface area contributed by atoms with Crippen LogP contribution in [0.2, 0.25) is 0 Å². The van der Waals surface area contributed by atoms with E-state index in [1.165, 1.54) is 6.08 Å². The van der Waals surface area contributed by atoms with Gasteiger partial charge in [-0.15, -0.1) is 0 Å². The minimum atomic E-state index is -1.69. The molecule has 34 heavy (non-hydrogen) atoms. The van der Waals surface area contributed by atoms with E-state index in [1.54, 1.807) is 29.2 Å². The molecule has 8 nitrogen and oxygen atoms in total. The summed E-state index contributed by atoms with van der Waals surface area (Å²) in [7, 11) is -1.69. The van der Waals surface area contributed by atoms with Gasteiger partial charge in [0.1, 0.15) is 17.4 Å². The van der Waals surface area contributed by atoms with E-state index in [0.717, 1.165) is 5.56 Å². The molecule has 178 valence electrons. The number of nitrogens with zero attached hydrogens (tertiary/aromatic N) is 2. The first-order valence-electron chi connectivity index (χ1n) is 11.2. The Morgan fingerprint density at radius 2 is 1.85 bits per heavy atom. The Kier molecular flexibility index (Phi) is 10.8. The van der Waals surface area contributed by atoms with Gasteiger partial charge < -0.3 is 25.0 Å². The van der Waals surface area contributed by atoms with Gasteiger partial charge in [-0.25, -0.2) is 0 Å². The highest BCUT2D eigenvalue weighted by molar-refractivity contribution is 6.43. The highest BCUT2D eigenvalue weighted by Gasteiger charge is 2.25. The summed E-state index contributed by atoms with van der Waals surface area (Å²) in [5.41, 5.74) is 1.54. The van der Waals surface area contributed by atoms with E-state index >= 15 is 0 Å². The molecule has 0 saturated carbocycles. The van der Waals surface area contributed by atoms with Gasteiger partial charge in [0.25, 0.3) is 5.91 Å². The van der Waals surface area contributed by atoms with Gasteiger partial charge in [-0.1, -0.05) is 42.5 Å². The van der Waals surface area contributed by atoms with Crippen LogP contribution in [0.3, 0.4) is 0 Å². The standard InChI is InChI=1S/C25H30BN3O5/c1-3-29(4-2)25(31)21(18-27)15-20-11-8-12-22(16-20)34-14-13-24(30)28-23(26(32)33)17-19-9-6-5-7-10-19/h5-12,15-16,23,32-33H,3-4,13-14,17H2,1-2H3,(H,28,30). The van der Waals surface area contributed by atoms with E-state index in [4.69, 9.17) is 4.74 Å². The monoisotopic (exact) mass is 463 g/mol. The highest BCUT2D eigenvalue weighted by atomic mass is 16.5. The first-order chi connectivity index (χ1) is 16.4. The number of benzene rings is 2. The molecule has 0 spiro atoms. The van der Waals surface area contributed by atoms with Crippen molar-refractivity contribution < 1.29 is 24.4 Å². The lowest BCUT2D eigenvalue weighted by atomic mass is 9.76. The Morgan fingerprint density at radius 3 is 2.47 bits per heavy atom. The predicted octanol–water partition coefficient (Wildman–Crippen LogP) is 1.97. The van der Waals surface area contributed by atoms with E-state index in [0.29, 0.717) is 24.4 Å². The van der Waals surface area contributed by atoms with E-state index in [9.17, 15) is 24.9 Å². The maximum absolute atomic E-state index is 12.4. The summed E-state index contributed by atoms with van der Waals surface area (Å²) in [4.78, 5) is 26.3. The Balaban J connectivity index is 1.93. The van der Waals surface area contributed by atoms with Crippen molar-refractivity contribution in [2.45, 2.75) is 32.6 Å². The molecule has 0 bridgehead atoms. The first-order valence-corrected chi connectivity index (χ1v) is 11.2. The largest absolute Gasteiger partial charge is 0.493 e. The summed E-state index contributed by atoms with van der Waals surface area (Å²) in [6, 6.07) is 18.1. The van der Waals surface area contributed by atoms with Gasteiger partial charge in [-0.3, -0.25) is 9.59 Å². The van der Waals surface area contributed by atoms with Gasteiger partial charge in [0.05, 0.1) is 19.0 Å². The zero-order valence-corrected chi connectivity index (χ0v) is 19.5. The summed E-state index contributed by atoms with van der Waals surface area (Å²) in [6.07, 6.45) is 1.81.